The lowest BCUT2D eigenvalue weighted by molar-refractivity contribution is 0.0921. The predicted octanol–water partition coefficient (Wildman–Crippen LogP) is 3.42. The van der Waals surface area contributed by atoms with Crippen molar-refractivity contribution in [3.63, 3.8) is 0 Å². The van der Waals surface area contributed by atoms with Crippen LogP contribution in [0.4, 0.5) is 0 Å². The Labute approximate surface area is 151 Å². The molecule has 1 N–H and O–H groups in total. The molecule has 140 valence electrons. The molecule has 1 aliphatic rings. The molecule has 0 bridgehead atoms. The molecule has 0 aliphatic heterocycles. The highest BCUT2D eigenvalue weighted by atomic mass is 32.2. The van der Waals surface area contributed by atoms with Crippen molar-refractivity contribution in [1.82, 2.24) is 9.62 Å². The molecule has 25 heavy (non-hydrogen) atoms. The molecule has 1 aliphatic carbocycles. The zero-order valence-corrected chi connectivity index (χ0v) is 16.3. The Morgan fingerprint density at radius 1 is 1.12 bits per heavy atom. The standard InChI is InChI=1S/C19H30N2O3S/c1-4-15-10-12-17(13-11-15)20-19(22)16-8-7-9-18(14-16)25(23,24)21(5-2)6-3/h7-9,14-15,17H,4-6,10-13H2,1-3H3,(H,20,22). The van der Waals surface area contributed by atoms with Crippen LogP contribution >= 0.6 is 0 Å². The van der Waals surface area contributed by atoms with Crippen LogP contribution in [0.2, 0.25) is 0 Å². The summed E-state index contributed by atoms with van der Waals surface area (Å²) < 4.78 is 26.6. The average molecular weight is 367 g/mol. The third-order valence-corrected chi connectivity index (χ3v) is 7.24. The maximum absolute atomic E-state index is 12.6. The minimum Gasteiger partial charge on any atom is -0.349 e. The van der Waals surface area contributed by atoms with Crippen molar-refractivity contribution >= 4 is 15.9 Å². The quantitative estimate of drug-likeness (QED) is 0.804. The van der Waals surface area contributed by atoms with Crippen molar-refractivity contribution in [3.8, 4) is 0 Å². The first-order valence-electron chi connectivity index (χ1n) is 9.33. The van der Waals surface area contributed by atoms with E-state index in [9.17, 15) is 13.2 Å². The van der Waals surface area contributed by atoms with Crippen LogP contribution in [-0.4, -0.2) is 37.8 Å². The van der Waals surface area contributed by atoms with Gasteiger partial charge in [-0.15, -0.1) is 0 Å². The highest BCUT2D eigenvalue weighted by Crippen LogP contribution is 2.26. The maximum Gasteiger partial charge on any atom is 0.251 e. The Balaban J connectivity index is 2.09. The summed E-state index contributed by atoms with van der Waals surface area (Å²) in [5.41, 5.74) is 0.408. The third-order valence-electron chi connectivity index (χ3n) is 5.20. The molecule has 1 aromatic rings. The molecule has 0 atom stereocenters. The summed E-state index contributed by atoms with van der Waals surface area (Å²) in [5.74, 6) is 0.590. The lowest BCUT2D eigenvalue weighted by Crippen LogP contribution is -2.37. The number of hydrogen-bond acceptors (Lipinski definition) is 3. The van der Waals surface area contributed by atoms with Gasteiger partial charge in [0.2, 0.25) is 10.0 Å². The summed E-state index contributed by atoms with van der Waals surface area (Å²) >= 11 is 0. The molecule has 1 aromatic carbocycles. The van der Waals surface area contributed by atoms with Crippen molar-refractivity contribution < 1.29 is 13.2 Å². The van der Waals surface area contributed by atoms with E-state index < -0.39 is 10.0 Å². The number of rotatable bonds is 7. The van der Waals surface area contributed by atoms with E-state index in [0.717, 1.165) is 31.6 Å². The van der Waals surface area contributed by atoms with Crippen molar-refractivity contribution in [1.29, 1.82) is 0 Å². The van der Waals surface area contributed by atoms with Gasteiger partial charge in [0.25, 0.3) is 5.91 Å². The lowest BCUT2D eigenvalue weighted by atomic mass is 9.84. The summed E-state index contributed by atoms with van der Waals surface area (Å²) in [6.07, 6.45) is 5.50. The number of carbonyl (C=O) groups excluding carboxylic acids is 1. The van der Waals surface area contributed by atoms with Gasteiger partial charge in [0.15, 0.2) is 0 Å². The molecule has 0 saturated heterocycles. The number of sulfonamides is 1. The average Bonchev–Trinajstić information content (AvgIpc) is 2.63. The zero-order valence-electron chi connectivity index (χ0n) is 15.5. The molecular weight excluding hydrogens is 336 g/mol. The predicted molar refractivity (Wildman–Crippen MR) is 100 cm³/mol. The Kier molecular flexibility index (Phi) is 7.02. The molecule has 6 heteroatoms. The van der Waals surface area contributed by atoms with Gasteiger partial charge < -0.3 is 5.32 Å². The molecular formula is C19H30N2O3S. The fraction of sp³-hybridized carbons (Fsp3) is 0.632. The van der Waals surface area contributed by atoms with Crippen molar-refractivity contribution in [2.75, 3.05) is 13.1 Å². The first-order chi connectivity index (χ1) is 11.9. The van der Waals surface area contributed by atoms with E-state index in [1.54, 1.807) is 18.2 Å². The summed E-state index contributed by atoms with van der Waals surface area (Å²) in [4.78, 5) is 12.7. The van der Waals surface area contributed by atoms with Crippen LogP contribution in [0.1, 0.15) is 63.2 Å². The monoisotopic (exact) mass is 366 g/mol. The number of nitrogens with zero attached hydrogens (tertiary/aromatic N) is 1. The SMILES string of the molecule is CCC1CCC(NC(=O)c2cccc(S(=O)(=O)N(CC)CC)c2)CC1. The second-order valence-corrected chi connectivity index (χ2v) is 8.65. The van der Waals surface area contributed by atoms with Crippen molar-refractivity contribution in [3.05, 3.63) is 29.8 Å². The molecule has 5 nitrogen and oxygen atoms in total. The highest BCUT2D eigenvalue weighted by molar-refractivity contribution is 7.89. The largest absolute Gasteiger partial charge is 0.349 e. The molecule has 0 aromatic heterocycles. The number of carbonyl (C=O) groups is 1. The minimum absolute atomic E-state index is 0.179. The van der Waals surface area contributed by atoms with Crippen molar-refractivity contribution in [2.45, 2.75) is 63.8 Å². The number of amides is 1. The van der Waals surface area contributed by atoms with Gasteiger partial charge in [0.05, 0.1) is 4.90 Å². The second-order valence-electron chi connectivity index (χ2n) is 6.72. The van der Waals surface area contributed by atoms with Crippen LogP contribution in [0.25, 0.3) is 0 Å². The topological polar surface area (TPSA) is 66.5 Å². The molecule has 1 fully saturated rings. The Morgan fingerprint density at radius 2 is 1.76 bits per heavy atom. The maximum atomic E-state index is 12.6. The zero-order chi connectivity index (χ0) is 18.4. The number of hydrogen-bond donors (Lipinski definition) is 1. The molecule has 0 radical (unpaired) electrons. The van der Waals surface area contributed by atoms with Gasteiger partial charge in [0, 0.05) is 24.7 Å². The van der Waals surface area contributed by atoms with Gasteiger partial charge in [0.1, 0.15) is 0 Å². The Bertz CT molecular complexity index is 676. The van der Waals surface area contributed by atoms with Crippen LogP contribution < -0.4 is 5.32 Å². The smallest absolute Gasteiger partial charge is 0.251 e. The normalized spacial score (nSPS) is 21.3. The van der Waals surface area contributed by atoms with E-state index >= 15 is 0 Å². The van der Waals surface area contributed by atoms with E-state index in [1.165, 1.54) is 16.8 Å². The van der Waals surface area contributed by atoms with E-state index in [-0.39, 0.29) is 16.8 Å². The first kappa shape index (κ1) is 19.9. The second kappa shape index (κ2) is 8.81. The lowest BCUT2D eigenvalue weighted by Gasteiger charge is -2.28. The summed E-state index contributed by atoms with van der Waals surface area (Å²) in [6.45, 7) is 6.66. The number of nitrogens with one attached hydrogen (secondary N) is 1. The fourth-order valence-corrected chi connectivity index (χ4v) is 5.00. The Hall–Kier alpha value is -1.40. The highest BCUT2D eigenvalue weighted by Gasteiger charge is 2.24. The molecule has 0 spiro atoms. The van der Waals surface area contributed by atoms with Gasteiger partial charge in [-0.1, -0.05) is 33.3 Å². The van der Waals surface area contributed by atoms with Gasteiger partial charge >= 0.3 is 0 Å². The van der Waals surface area contributed by atoms with Crippen LogP contribution in [0, 0.1) is 5.92 Å². The minimum atomic E-state index is -3.55. The van der Waals surface area contributed by atoms with Crippen LogP contribution in [0.3, 0.4) is 0 Å². The van der Waals surface area contributed by atoms with E-state index in [1.807, 2.05) is 13.8 Å². The molecule has 2 rings (SSSR count). The molecule has 0 unspecified atom stereocenters. The fourth-order valence-electron chi connectivity index (χ4n) is 3.49. The van der Waals surface area contributed by atoms with Gasteiger partial charge in [-0.05, 0) is 49.8 Å². The summed E-state index contributed by atoms with van der Waals surface area (Å²) in [7, 11) is -3.55. The first-order valence-corrected chi connectivity index (χ1v) is 10.8. The van der Waals surface area contributed by atoms with Gasteiger partial charge in [-0.25, -0.2) is 8.42 Å². The van der Waals surface area contributed by atoms with E-state index in [0.29, 0.717) is 18.7 Å². The van der Waals surface area contributed by atoms with Crippen molar-refractivity contribution in [2.24, 2.45) is 5.92 Å². The summed E-state index contributed by atoms with van der Waals surface area (Å²) in [6, 6.07) is 6.55. The summed E-state index contributed by atoms with van der Waals surface area (Å²) in [5, 5.41) is 3.07. The van der Waals surface area contributed by atoms with E-state index in [2.05, 4.69) is 12.2 Å². The van der Waals surface area contributed by atoms with Crippen LogP contribution in [0.5, 0.6) is 0 Å². The Morgan fingerprint density at radius 3 is 2.32 bits per heavy atom. The number of benzene rings is 1. The molecule has 0 heterocycles. The van der Waals surface area contributed by atoms with E-state index in [4.69, 9.17) is 0 Å². The molecule has 1 amide bonds. The van der Waals surface area contributed by atoms with Gasteiger partial charge in [-0.2, -0.15) is 4.31 Å². The third kappa shape index (κ3) is 4.82. The van der Waals surface area contributed by atoms with Gasteiger partial charge in [-0.3, -0.25) is 4.79 Å². The van der Waals surface area contributed by atoms with Crippen LogP contribution in [0.15, 0.2) is 29.2 Å². The molecule has 1 saturated carbocycles. The van der Waals surface area contributed by atoms with Crippen LogP contribution in [-0.2, 0) is 10.0 Å².